The highest BCUT2D eigenvalue weighted by Crippen LogP contribution is 2.33. The van der Waals surface area contributed by atoms with Gasteiger partial charge in [-0.1, -0.05) is 51.0 Å². The van der Waals surface area contributed by atoms with Gasteiger partial charge in [-0.05, 0) is 37.1 Å². The van der Waals surface area contributed by atoms with E-state index in [2.05, 4.69) is 18.7 Å². The molecule has 1 N–H and O–H groups in total. The lowest BCUT2D eigenvalue weighted by Crippen LogP contribution is -2.34. The Labute approximate surface area is 209 Å². The molecule has 1 aromatic heterocycles. The van der Waals surface area contributed by atoms with E-state index in [4.69, 9.17) is 19.3 Å². The third-order valence-corrected chi connectivity index (χ3v) is 5.96. The molecule has 0 spiro atoms. The molecule has 190 valence electrons. The van der Waals surface area contributed by atoms with Crippen LogP contribution in [0.4, 0.5) is 0 Å². The minimum Gasteiger partial charge on any atom is -0.497 e. The number of aliphatic hydroxyl groups excluding tert-OH is 1. The lowest BCUT2D eigenvalue weighted by Gasteiger charge is -2.25. The van der Waals surface area contributed by atoms with Crippen molar-refractivity contribution in [3.8, 4) is 23.1 Å². The number of unbranched alkanes of at least 4 members (excludes halogenated alkanes) is 1. The van der Waals surface area contributed by atoms with E-state index in [9.17, 15) is 5.11 Å². The average molecular weight is 482 g/mol. The molecule has 35 heavy (non-hydrogen) atoms. The number of aliphatic hydroxyl groups is 1. The molecule has 0 bridgehead atoms. The van der Waals surface area contributed by atoms with Gasteiger partial charge in [0.1, 0.15) is 11.5 Å². The van der Waals surface area contributed by atoms with Gasteiger partial charge in [-0.3, -0.25) is 4.90 Å². The fraction of sp³-hybridized carbons (Fsp3) is 0.464. The van der Waals surface area contributed by atoms with Crippen molar-refractivity contribution in [1.29, 1.82) is 0 Å². The molecule has 0 unspecified atom stereocenters. The van der Waals surface area contributed by atoms with Crippen molar-refractivity contribution in [3.05, 3.63) is 65.9 Å². The first-order valence-electron chi connectivity index (χ1n) is 12.5. The number of aromatic nitrogens is 2. The van der Waals surface area contributed by atoms with E-state index in [-0.39, 0.29) is 6.10 Å². The quantitative estimate of drug-likeness (QED) is 0.320. The summed E-state index contributed by atoms with van der Waals surface area (Å²) in [4.78, 5) is 2.23. The molecule has 0 saturated carbocycles. The maximum absolute atomic E-state index is 10.7. The van der Waals surface area contributed by atoms with Gasteiger partial charge in [0, 0.05) is 32.8 Å². The Balaban J connectivity index is 2.00. The Kier molecular flexibility index (Phi) is 10.6. The van der Waals surface area contributed by atoms with Crippen LogP contribution in [0.1, 0.15) is 44.4 Å². The average Bonchev–Trinajstić information content (AvgIpc) is 3.23. The molecule has 1 atom stereocenters. The first kappa shape index (κ1) is 26.7. The van der Waals surface area contributed by atoms with Crippen LogP contribution in [0, 0.1) is 0 Å². The highest BCUT2D eigenvalue weighted by atomic mass is 16.5. The second kappa shape index (κ2) is 13.9. The largest absolute Gasteiger partial charge is 0.497 e. The SMILES string of the molecule is CCCC[C@@H](O)CN(CCOC)Cc1c(CC)nn(-c2ccccc2)c1Oc1cccc(OC)c1. The summed E-state index contributed by atoms with van der Waals surface area (Å²) in [5.41, 5.74) is 2.91. The van der Waals surface area contributed by atoms with Gasteiger partial charge in [0.2, 0.25) is 5.88 Å². The van der Waals surface area contributed by atoms with Crippen molar-refractivity contribution >= 4 is 0 Å². The Bertz CT molecular complexity index is 1020. The van der Waals surface area contributed by atoms with Crippen molar-refractivity contribution in [2.45, 2.75) is 52.2 Å². The lowest BCUT2D eigenvalue weighted by molar-refractivity contribution is 0.0786. The van der Waals surface area contributed by atoms with Crippen molar-refractivity contribution in [2.75, 3.05) is 33.9 Å². The number of nitrogens with zero attached hydrogens (tertiary/aromatic N) is 3. The van der Waals surface area contributed by atoms with E-state index in [1.807, 2.05) is 59.3 Å². The molecule has 0 aliphatic heterocycles. The van der Waals surface area contributed by atoms with Crippen LogP contribution in [0.25, 0.3) is 5.69 Å². The molecule has 0 aliphatic carbocycles. The highest BCUT2D eigenvalue weighted by molar-refractivity contribution is 5.44. The molecule has 0 radical (unpaired) electrons. The fourth-order valence-electron chi connectivity index (χ4n) is 4.05. The summed E-state index contributed by atoms with van der Waals surface area (Å²) in [6.45, 7) is 6.71. The van der Waals surface area contributed by atoms with E-state index in [1.54, 1.807) is 14.2 Å². The molecule has 0 saturated heterocycles. The minimum atomic E-state index is -0.385. The van der Waals surface area contributed by atoms with Gasteiger partial charge in [0.05, 0.1) is 36.8 Å². The summed E-state index contributed by atoms with van der Waals surface area (Å²) in [5.74, 6) is 2.08. The summed E-state index contributed by atoms with van der Waals surface area (Å²) in [7, 11) is 3.35. The standard InChI is InChI=1S/C28H39N3O4/c1-5-7-14-23(32)20-30(17-18-33-3)21-26-27(6-2)29-31(22-12-9-8-10-13-22)28(26)35-25-16-11-15-24(19-25)34-4/h8-13,15-16,19,23,32H,5-7,14,17-18,20-21H2,1-4H3/t23-/m1/s1. The van der Waals surface area contributed by atoms with Gasteiger partial charge < -0.3 is 19.3 Å². The predicted molar refractivity (Wildman–Crippen MR) is 139 cm³/mol. The highest BCUT2D eigenvalue weighted by Gasteiger charge is 2.23. The van der Waals surface area contributed by atoms with E-state index in [0.29, 0.717) is 37.9 Å². The molecule has 1 heterocycles. The summed E-state index contributed by atoms with van der Waals surface area (Å²) in [6, 6.07) is 17.6. The van der Waals surface area contributed by atoms with Crippen LogP contribution in [-0.2, 0) is 17.7 Å². The topological polar surface area (TPSA) is 69.0 Å². The van der Waals surface area contributed by atoms with E-state index < -0.39 is 0 Å². The van der Waals surface area contributed by atoms with E-state index in [1.165, 1.54) is 0 Å². The predicted octanol–water partition coefficient (Wildman–Crippen LogP) is 5.24. The Morgan fingerprint density at radius 1 is 1.03 bits per heavy atom. The van der Waals surface area contributed by atoms with E-state index >= 15 is 0 Å². The Hall–Kier alpha value is -2.87. The monoisotopic (exact) mass is 481 g/mol. The van der Waals surface area contributed by atoms with Gasteiger partial charge in [-0.2, -0.15) is 5.10 Å². The minimum absolute atomic E-state index is 0.385. The van der Waals surface area contributed by atoms with Gasteiger partial charge in [0.15, 0.2) is 0 Å². The maximum Gasteiger partial charge on any atom is 0.227 e. The number of benzene rings is 2. The number of methoxy groups -OCH3 is 2. The van der Waals surface area contributed by atoms with Crippen LogP contribution >= 0.6 is 0 Å². The number of hydrogen-bond donors (Lipinski definition) is 1. The fourth-order valence-corrected chi connectivity index (χ4v) is 4.05. The normalized spacial score (nSPS) is 12.2. The van der Waals surface area contributed by atoms with Gasteiger partial charge in [-0.15, -0.1) is 0 Å². The van der Waals surface area contributed by atoms with Gasteiger partial charge in [0.25, 0.3) is 0 Å². The molecule has 3 aromatic rings. The number of aryl methyl sites for hydroxylation is 1. The second-order valence-corrected chi connectivity index (χ2v) is 8.64. The molecular weight excluding hydrogens is 442 g/mol. The number of ether oxygens (including phenoxy) is 3. The van der Waals surface area contributed by atoms with Crippen molar-refractivity contribution in [2.24, 2.45) is 0 Å². The van der Waals surface area contributed by atoms with E-state index in [0.717, 1.165) is 48.4 Å². The molecular formula is C28H39N3O4. The zero-order valence-corrected chi connectivity index (χ0v) is 21.4. The Morgan fingerprint density at radius 2 is 1.80 bits per heavy atom. The van der Waals surface area contributed by atoms with Crippen LogP contribution in [0.5, 0.6) is 17.4 Å². The molecule has 0 aliphatic rings. The number of rotatable bonds is 15. The Morgan fingerprint density at radius 3 is 2.49 bits per heavy atom. The lowest BCUT2D eigenvalue weighted by atomic mass is 10.1. The van der Waals surface area contributed by atoms with Crippen LogP contribution in [0.15, 0.2) is 54.6 Å². The third-order valence-electron chi connectivity index (χ3n) is 5.96. The first-order chi connectivity index (χ1) is 17.1. The molecule has 0 amide bonds. The summed E-state index contributed by atoms with van der Waals surface area (Å²) in [5, 5.41) is 15.6. The van der Waals surface area contributed by atoms with Crippen molar-refractivity contribution in [1.82, 2.24) is 14.7 Å². The third kappa shape index (κ3) is 7.56. The molecule has 2 aromatic carbocycles. The van der Waals surface area contributed by atoms with Crippen LogP contribution in [0.3, 0.4) is 0 Å². The molecule has 7 heteroatoms. The number of para-hydroxylation sites is 1. The molecule has 3 rings (SSSR count). The van der Waals surface area contributed by atoms with Gasteiger partial charge >= 0.3 is 0 Å². The summed E-state index contributed by atoms with van der Waals surface area (Å²) >= 11 is 0. The van der Waals surface area contributed by atoms with Crippen LogP contribution < -0.4 is 9.47 Å². The number of hydrogen-bond acceptors (Lipinski definition) is 6. The maximum atomic E-state index is 10.7. The summed E-state index contributed by atoms with van der Waals surface area (Å²) < 4.78 is 19.1. The van der Waals surface area contributed by atoms with Crippen LogP contribution in [-0.4, -0.2) is 59.8 Å². The first-order valence-corrected chi connectivity index (χ1v) is 12.5. The van der Waals surface area contributed by atoms with Crippen LogP contribution in [0.2, 0.25) is 0 Å². The second-order valence-electron chi connectivity index (χ2n) is 8.64. The molecule has 7 nitrogen and oxygen atoms in total. The van der Waals surface area contributed by atoms with Crippen molar-refractivity contribution in [3.63, 3.8) is 0 Å². The zero-order chi connectivity index (χ0) is 25.0. The molecule has 0 fully saturated rings. The summed E-state index contributed by atoms with van der Waals surface area (Å²) in [6.07, 6.45) is 3.24. The van der Waals surface area contributed by atoms with Gasteiger partial charge in [-0.25, -0.2) is 4.68 Å². The smallest absolute Gasteiger partial charge is 0.227 e. The van der Waals surface area contributed by atoms with Crippen molar-refractivity contribution < 1.29 is 19.3 Å². The zero-order valence-electron chi connectivity index (χ0n) is 21.4.